The van der Waals surface area contributed by atoms with Crippen LogP contribution in [0.25, 0.3) is 11.3 Å². The average molecular weight is 337 g/mol. The Kier molecular flexibility index (Phi) is 4.86. The van der Waals surface area contributed by atoms with Crippen molar-refractivity contribution in [1.82, 2.24) is 14.5 Å². The number of hydrogen-bond acceptors (Lipinski definition) is 4. The second-order valence-electron chi connectivity index (χ2n) is 5.56. The fourth-order valence-corrected chi connectivity index (χ4v) is 3.70. The summed E-state index contributed by atoms with van der Waals surface area (Å²) < 4.78 is 28.9. The van der Waals surface area contributed by atoms with Crippen LogP contribution in [-0.2, 0) is 21.9 Å². The molecule has 0 spiro atoms. The van der Waals surface area contributed by atoms with Crippen molar-refractivity contribution in [3.8, 4) is 11.3 Å². The number of nitrogens with one attached hydrogen (secondary N) is 1. The highest BCUT2D eigenvalue weighted by molar-refractivity contribution is 7.89. The Morgan fingerprint density at radius 2 is 1.87 bits per heavy atom. The molecule has 0 radical (unpaired) electrons. The highest BCUT2D eigenvalue weighted by Gasteiger charge is 2.31. The summed E-state index contributed by atoms with van der Waals surface area (Å²) in [6, 6.07) is 7.67. The summed E-state index contributed by atoms with van der Waals surface area (Å²) in [4.78, 5) is 11.2. The van der Waals surface area contributed by atoms with Crippen LogP contribution in [0.3, 0.4) is 0 Å². The smallest absolute Gasteiger partial charge is 0.322 e. The molecule has 0 fully saturated rings. The Morgan fingerprint density at radius 3 is 2.39 bits per heavy atom. The Hall–Kier alpha value is -2.19. The van der Waals surface area contributed by atoms with Gasteiger partial charge in [0.25, 0.3) is 0 Å². The summed E-state index contributed by atoms with van der Waals surface area (Å²) in [5.74, 6) is -1.60. The van der Waals surface area contributed by atoms with Crippen LogP contribution in [0.1, 0.15) is 13.8 Å². The molecule has 0 unspecified atom stereocenters. The topological polar surface area (TPSA) is 101 Å². The molecule has 0 amide bonds. The lowest BCUT2D eigenvalue weighted by Gasteiger charge is -2.17. The van der Waals surface area contributed by atoms with Crippen LogP contribution in [-0.4, -0.2) is 35.3 Å². The fourth-order valence-electron chi connectivity index (χ4n) is 2.16. The predicted molar refractivity (Wildman–Crippen MR) is 85.2 cm³/mol. The molecule has 0 bridgehead atoms. The molecule has 0 saturated heterocycles. The maximum Gasteiger partial charge on any atom is 0.322 e. The van der Waals surface area contributed by atoms with Crippen LogP contribution in [0.2, 0.25) is 0 Å². The quantitative estimate of drug-likeness (QED) is 0.831. The molecule has 2 N–H and O–H groups in total. The van der Waals surface area contributed by atoms with Crippen molar-refractivity contribution in [2.75, 3.05) is 0 Å². The van der Waals surface area contributed by atoms with Gasteiger partial charge in [-0.05, 0) is 5.92 Å². The van der Waals surface area contributed by atoms with Crippen LogP contribution in [0.4, 0.5) is 0 Å². The molecule has 0 saturated carbocycles. The monoisotopic (exact) mass is 337 g/mol. The minimum absolute atomic E-state index is 0.0434. The summed E-state index contributed by atoms with van der Waals surface area (Å²) >= 11 is 0. The number of aliphatic carboxylic acids is 1. The molecular formula is C15H19N3O4S. The van der Waals surface area contributed by atoms with Gasteiger partial charge in [-0.15, -0.1) is 0 Å². The van der Waals surface area contributed by atoms with Crippen molar-refractivity contribution in [3.63, 3.8) is 0 Å². The predicted octanol–water partition coefficient (Wildman–Crippen LogP) is 1.47. The van der Waals surface area contributed by atoms with Gasteiger partial charge in [-0.1, -0.05) is 44.2 Å². The highest BCUT2D eigenvalue weighted by Crippen LogP contribution is 2.25. The molecule has 0 aliphatic rings. The Bertz CT molecular complexity index is 797. The van der Waals surface area contributed by atoms with E-state index in [1.807, 2.05) is 6.07 Å². The molecule has 1 aromatic heterocycles. The van der Waals surface area contributed by atoms with Crippen molar-refractivity contribution in [2.45, 2.75) is 24.8 Å². The largest absolute Gasteiger partial charge is 0.480 e. The van der Waals surface area contributed by atoms with Gasteiger partial charge in [-0.3, -0.25) is 9.48 Å². The number of rotatable bonds is 6. The molecule has 23 heavy (non-hydrogen) atoms. The lowest BCUT2D eigenvalue weighted by Crippen LogP contribution is -2.44. The number of carbonyl (C=O) groups is 1. The molecule has 124 valence electrons. The van der Waals surface area contributed by atoms with E-state index >= 15 is 0 Å². The third-order valence-corrected chi connectivity index (χ3v) is 4.79. The number of aromatic nitrogens is 2. The minimum Gasteiger partial charge on any atom is -0.480 e. The summed E-state index contributed by atoms with van der Waals surface area (Å²) in [7, 11) is -2.41. The van der Waals surface area contributed by atoms with Gasteiger partial charge < -0.3 is 5.11 Å². The normalized spacial score (nSPS) is 13.2. The van der Waals surface area contributed by atoms with Crippen LogP contribution in [0, 0.1) is 5.92 Å². The molecular weight excluding hydrogens is 318 g/mol. The van der Waals surface area contributed by atoms with E-state index in [4.69, 9.17) is 0 Å². The van der Waals surface area contributed by atoms with E-state index in [9.17, 15) is 18.3 Å². The Balaban J connectivity index is 2.47. The van der Waals surface area contributed by atoms with Gasteiger partial charge in [-0.2, -0.15) is 9.82 Å². The van der Waals surface area contributed by atoms with Gasteiger partial charge in [-0.25, -0.2) is 8.42 Å². The number of sulfonamides is 1. The second kappa shape index (κ2) is 6.51. The molecule has 8 heteroatoms. The molecule has 0 aliphatic carbocycles. The number of carboxylic acids is 1. The molecule has 2 aromatic rings. The molecule has 1 heterocycles. The number of carboxylic acid groups (broad SMARTS) is 1. The van der Waals surface area contributed by atoms with Crippen LogP contribution >= 0.6 is 0 Å². The zero-order valence-electron chi connectivity index (χ0n) is 13.1. The lowest BCUT2D eigenvalue weighted by molar-refractivity contribution is -0.140. The molecule has 2 rings (SSSR count). The summed E-state index contributed by atoms with van der Waals surface area (Å²) in [5.41, 5.74) is 0.929. The van der Waals surface area contributed by atoms with Crippen LogP contribution < -0.4 is 4.72 Å². The third kappa shape index (κ3) is 3.77. The minimum atomic E-state index is -4.02. The number of hydrogen-bond donors (Lipinski definition) is 2. The van der Waals surface area contributed by atoms with Gasteiger partial charge >= 0.3 is 5.97 Å². The van der Waals surface area contributed by atoms with E-state index in [1.165, 1.54) is 10.9 Å². The van der Waals surface area contributed by atoms with E-state index in [0.717, 1.165) is 0 Å². The summed E-state index contributed by atoms with van der Waals surface area (Å²) in [6.07, 6.45) is 1.36. The van der Waals surface area contributed by atoms with E-state index in [2.05, 4.69) is 9.82 Å². The summed E-state index contributed by atoms with van der Waals surface area (Å²) in [6.45, 7) is 3.28. The van der Waals surface area contributed by atoms with Gasteiger partial charge in [0, 0.05) is 18.8 Å². The first-order valence-corrected chi connectivity index (χ1v) is 8.55. The van der Waals surface area contributed by atoms with E-state index in [0.29, 0.717) is 5.56 Å². The SMILES string of the molecule is CC(C)[C@@H](NS(=O)(=O)c1cn(C)nc1-c1ccccc1)C(=O)O. The van der Waals surface area contributed by atoms with Gasteiger partial charge in [0.1, 0.15) is 16.6 Å². The zero-order chi connectivity index (χ0) is 17.2. The van der Waals surface area contributed by atoms with E-state index < -0.39 is 22.0 Å². The van der Waals surface area contributed by atoms with E-state index in [1.54, 1.807) is 45.2 Å². The van der Waals surface area contributed by atoms with Crippen molar-refractivity contribution < 1.29 is 18.3 Å². The fraction of sp³-hybridized carbons (Fsp3) is 0.333. The molecule has 0 aliphatic heterocycles. The van der Waals surface area contributed by atoms with Crippen molar-refractivity contribution >= 4 is 16.0 Å². The first kappa shape index (κ1) is 17.2. The average Bonchev–Trinajstić information content (AvgIpc) is 2.88. The van der Waals surface area contributed by atoms with Gasteiger partial charge in [0.15, 0.2) is 0 Å². The third-order valence-electron chi connectivity index (χ3n) is 3.35. The van der Waals surface area contributed by atoms with Crippen molar-refractivity contribution in [1.29, 1.82) is 0 Å². The number of aryl methyl sites for hydroxylation is 1. The van der Waals surface area contributed by atoms with Crippen LogP contribution in [0.5, 0.6) is 0 Å². The highest BCUT2D eigenvalue weighted by atomic mass is 32.2. The number of nitrogens with zero attached hydrogens (tertiary/aromatic N) is 2. The zero-order valence-corrected chi connectivity index (χ0v) is 13.9. The first-order valence-electron chi connectivity index (χ1n) is 7.06. The van der Waals surface area contributed by atoms with Gasteiger partial charge in [0.2, 0.25) is 10.0 Å². The summed E-state index contributed by atoms with van der Waals surface area (Å²) in [5, 5.41) is 13.4. The Morgan fingerprint density at radius 1 is 1.26 bits per heavy atom. The lowest BCUT2D eigenvalue weighted by atomic mass is 10.1. The van der Waals surface area contributed by atoms with E-state index in [-0.39, 0.29) is 16.5 Å². The number of benzene rings is 1. The van der Waals surface area contributed by atoms with Crippen molar-refractivity contribution in [3.05, 3.63) is 36.5 Å². The van der Waals surface area contributed by atoms with Crippen molar-refractivity contribution in [2.24, 2.45) is 13.0 Å². The first-order chi connectivity index (χ1) is 10.7. The second-order valence-corrected chi connectivity index (χ2v) is 7.25. The van der Waals surface area contributed by atoms with Crippen LogP contribution in [0.15, 0.2) is 41.4 Å². The molecule has 7 nitrogen and oxygen atoms in total. The molecule has 1 atom stereocenters. The van der Waals surface area contributed by atoms with Gasteiger partial charge in [0.05, 0.1) is 0 Å². The molecule has 1 aromatic carbocycles. The maximum atomic E-state index is 12.6. The Labute approximate surface area is 135 Å². The standard InChI is InChI=1S/C15H19N3O4S/c1-10(2)13(15(19)20)17-23(21,22)12-9-18(3)16-14(12)11-7-5-4-6-8-11/h4-10,13,17H,1-3H3,(H,19,20)/t13-/m1/s1. The maximum absolute atomic E-state index is 12.6.